The number of aliphatic imine (C=N–C) groups is 1. The fourth-order valence-corrected chi connectivity index (χ4v) is 5.52. The van der Waals surface area contributed by atoms with E-state index in [-0.39, 0.29) is 12.1 Å². The van der Waals surface area contributed by atoms with Crippen molar-refractivity contribution < 1.29 is 8.78 Å². The Morgan fingerprint density at radius 3 is 2.59 bits per heavy atom. The molecule has 2 aliphatic rings. The van der Waals surface area contributed by atoms with E-state index in [2.05, 4.69) is 15.2 Å². The monoisotopic (exact) mass is 384 g/mol. The molecule has 0 fully saturated rings. The molecule has 7 heteroatoms. The van der Waals surface area contributed by atoms with Gasteiger partial charge in [0, 0.05) is 10.4 Å². The van der Waals surface area contributed by atoms with Crippen LogP contribution in [0.5, 0.6) is 0 Å². The molecule has 0 spiro atoms. The highest BCUT2D eigenvalue weighted by atomic mass is 32.1. The maximum atomic E-state index is 14.7. The minimum absolute atomic E-state index is 0.0417. The first-order chi connectivity index (χ1) is 13.1. The number of rotatable bonds is 1. The highest BCUT2D eigenvalue weighted by Gasteiger charge is 2.31. The molecule has 138 valence electrons. The first-order valence-electron chi connectivity index (χ1n) is 9.20. The van der Waals surface area contributed by atoms with E-state index in [0.717, 1.165) is 42.1 Å². The van der Waals surface area contributed by atoms with Crippen molar-refractivity contribution in [1.82, 2.24) is 14.8 Å². The van der Waals surface area contributed by atoms with Gasteiger partial charge in [0.1, 0.15) is 29.0 Å². The molecule has 0 unspecified atom stereocenters. The number of hydrogen-bond acceptors (Lipinski definition) is 4. The van der Waals surface area contributed by atoms with Gasteiger partial charge in [-0.1, -0.05) is 12.5 Å². The molecule has 0 saturated heterocycles. The summed E-state index contributed by atoms with van der Waals surface area (Å²) in [5, 5.41) is 9.38. The summed E-state index contributed by atoms with van der Waals surface area (Å²) in [5.41, 5.74) is 2.42. The van der Waals surface area contributed by atoms with E-state index >= 15 is 0 Å². The van der Waals surface area contributed by atoms with Crippen LogP contribution in [0, 0.1) is 18.6 Å². The van der Waals surface area contributed by atoms with Crippen molar-refractivity contribution in [2.24, 2.45) is 4.99 Å². The third-order valence-corrected chi connectivity index (χ3v) is 6.59. The van der Waals surface area contributed by atoms with E-state index < -0.39 is 11.6 Å². The van der Waals surface area contributed by atoms with Crippen LogP contribution < -0.4 is 0 Å². The van der Waals surface area contributed by atoms with Crippen molar-refractivity contribution in [1.29, 1.82) is 0 Å². The molecule has 3 heterocycles. The molecule has 0 N–H and O–H groups in total. The van der Waals surface area contributed by atoms with Crippen molar-refractivity contribution in [3.8, 4) is 5.00 Å². The van der Waals surface area contributed by atoms with Gasteiger partial charge in [-0.15, -0.1) is 21.5 Å². The van der Waals surface area contributed by atoms with Crippen LogP contribution in [-0.4, -0.2) is 20.5 Å². The van der Waals surface area contributed by atoms with E-state index in [4.69, 9.17) is 0 Å². The molecule has 2 aromatic heterocycles. The highest BCUT2D eigenvalue weighted by molar-refractivity contribution is 7.15. The quantitative estimate of drug-likeness (QED) is 0.578. The zero-order chi connectivity index (χ0) is 18.5. The first-order valence-corrected chi connectivity index (χ1v) is 10.0. The standard InChI is InChI=1S/C20H18F2N4S/c1-11-24-25-16-10-23-19(18-13(21)7-5-8-14(18)22)17-12-6-3-2-4-9-15(12)27-20(17)26(11)16/h5,7-8H,2-4,6,9-10H2,1H3. The van der Waals surface area contributed by atoms with Crippen LogP contribution in [0.3, 0.4) is 0 Å². The zero-order valence-corrected chi connectivity index (χ0v) is 15.7. The molecule has 27 heavy (non-hydrogen) atoms. The molecule has 1 aliphatic carbocycles. The van der Waals surface area contributed by atoms with E-state index in [1.54, 1.807) is 11.3 Å². The third kappa shape index (κ3) is 2.56. The van der Waals surface area contributed by atoms with Gasteiger partial charge in [0.2, 0.25) is 0 Å². The third-order valence-electron chi connectivity index (χ3n) is 5.31. The summed E-state index contributed by atoms with van der Waals surface area (Å²) in [6, 6.07) is 3.98. The van der Waals surface area contributed by atoms with Crippen LogP contribution >= 0.6 is 11.3 Å². The van der Waals surface area contributed by atoms with Crippen molar-refractivity contribution in [3.05, 3.63) is 63.0 Å². The molecule has 1 aromatic carbocycles. The Labute approximate surface area is 159 Å². The molecule has 0 radical (unpaired) electrons. The molecular formula is C20H18F2N4S. The molecule has 0 saturated carbocycles. The van der Waals surface area contributed by atoms with Gasteiger partial charge in [0.15, 0.2) is 5.82 Å². The van der Waals surface area contributed by atoms with Gasteiger partial charge in [0.25, 0.3) is 0 Å². The molecule has 4 nitrogen and oxygen atoms in total. The van der Waals surface area contributed by atoms with E-state index in [9.17, 15) is 8.78 Å². The van der Waals surface area contributed by atoms with Crippen LogP contribution in [0.2, 0.25) is 0 Å². The van der Waals surface area contributed by atoms with Gasteiger partial charge >= 0.3 is 0 Å². The summed E-state index contributed by atoms with van der Waals surface area (Å²) >= 11 is 1.69. The van der Waals surface area contributed by atoms with Gasteiger partial charge in [0.05, 0.1) is 11.3 Å². The minimum Gasteiger partial charge on any atom is -0.276 e. The second-order valence-electron chi connectivity index (χ2n) is 7.00. The van der Waals surface area contributed by atoms with E-state index in [1.807, 2.05) is 11.5 Å². The van der Waals surface area contributed by atoms with Gasteiger partial charge in [-0.3, -0.25) is 9.56 Å². The summed E-state index contributed by atoms with van der Waals surface area (Å²) in [6.45, 7) is 2.15. The maximum absolute atomic E-state index is 14.7. The Balaban J connectivity index is 1.83. The van der Waals surface area contributed by atoms with Gasteiger partial charge in [-0.2, -0.15) is 0 Å². The minimum atomic E-state index is -0.581. The van der Waals surface area contributed by atoms with Crippen LogP contribution in [0.25, 0.3) is 5.00 Å². The lowest BCUT2D eigenvalue weighted by atomic mass is 9.96. The predicted molar refractivity (Wildman–Crippen MR) is 101 cm³/mol. The molecular weight excluding hydrogens is 366 g/mol. The largest absolute Gasteiger partial charge is 0.276 e. The number of aryl methyl sites for hydroxylation is 2. The number of hydrogen-bond donors (Lipinski definition) is 0. The van der Waals surface area contributed by atoms with Gasteiger partial charge < -0.3 is 0 Å². The Hall–Kier alpha value is -2.41. The lowest BCUT2D eigenvalue weighted by Crippen LogP contribution is -2.12. The number of thiophene rings is 1. The summed E-state index contributed by atoms with van der Waals surface area (Å²) < 4.78 is 31.3. The smallest absolute Gasteiger partial charge is 0.160 e. The fourth-order valence-electron chi connectivity index (χ4n) is 4.06. The van der Waals surface area contributed by atoms with Crippen molar-refractivity contribution in [2.75, 3.05) is 0 Å². The molecule has 5 rings (SSSR count). The average molecular weight is 384 g/mol. The lowest BCUT2D eigenvalue weighted by molar-refractivity contribution is 0.579. The van der Waals surface area contributed by atoms with Crippen molar-refractivity contribution >= 4 is 17.0 Å². The molecule has 0 bridgehead atoms. The SMILES string of the molecule is Cc1nnc2n1-c1sc3c(c1C(c1c(F)cccc1F)=NC2)CCCCC3. The van der Waals surface area contributed by atoms with Crippen LogP contribution in [0.4, 0.5) is 8.78 Å². The van der Waals surface area contributed by atoms with Crippen LogP contribution in [0.1, 0.15) is 52.5 Å². The highest BCUT2D eigenvalue weighted by Crippen LogP contribution is 2.40. The summed E-state index contributed by atoms with van der Waals surface area (Å²) in [6.07, 6.45) is 5.30. The van der Waals surface area contributed by atoms with E-state index in [0.29, 0.717) is 11.5 Å². The summed E-state index contributed by atoms with van der Waals surface area (Å²) in [7, 11) is 0. The Morgan fingerprint density at radius 2 is 1.78 bits per heavy atom. The number of aromatic nitrogens is 3. The first kappa shape index (κ1) is 16.7. The molecule has 3 aromatic rings. The normalized spacial score (nSPS) is 16.0. The topological polar surface area (TPSA) is 43.1 Å². The lowest BCUT2D eigenvalue weighted by Gasteiger charge is -2.12. The molecule has 0 amide bonds. The van der Waals surface area contributed by atoms with E-state index in [1.165, 1.54) is 35.1 Å². The molecule has 1 aliphatic heterocycles. The van der Waals surface area contributed by atoms with Gasteiger partial charge in [-0.05, 0) is 50.3 Å². The summed E-state index contributed by atoms with van der Waals surface area (Å²) in [5.74, 6) is 0.315. The summed E-state index contributed by atoms with van der Waals surface area (Å²) in [4.78, 5) is 5.94. The second kappa shape index (κ2) is 6.34. The zero-order valence-electron chi connectivity index (χ0n) is 14.9. The predicted octanol–water partition coefficient (Wildman–Crippen LogP) is 4.54. The number of nitrogens with zero attached hydrogens (tertiary/aromatic N) is 4. The Kier molecular flexibility index (Phi) is 3.93. The Bertz CT molecular complexity index is 1060. The van der Waals surface area contributed by atoms with Crippen molar-refractivity contribution in [2.45, 2.75) is 45.6 Å². The number of halogens is 2. The van der Waals surface area contributed by atoms with Crippen LogP contribution in [0.15, 0.2) is 23.2 Å². The van der Waals surface area contributed by atoms with Crippen LogP contribution in [-0.2, 0) is 19.4 Å². The Morgan fingerprint density at radius 1 is 1.00 bits per heavy atom. The number of fused-ring (bicyclic) bond motifs is 5. The average Bonchev–Trinajstić information content (AvgIpc) is 3.02. The maximum Gasteiger partial charge on any atom is 0.160 e. The fraction of sp³-hybridized carbons (Fsp3) is 0.350. The van der Waals surface area contributed by atoms with Crippen molar-refractivity contribution in [3.63, 3.8) is 0 Å². The second-order valence-corrected chi connectivity index (χ2v) is 8.09. The van der Waals surface area contributed by atoms with Gasteiger partial charge in [-0.25, -0.2) is 8.78 Å². The molecule has 0 atom stereocenters. The number of benzene rings is 1.